The molecule has 1 aromatic carbocycles. The molecule has 23 heavy (non-hydrogen) atoms. The van der Waals surface area contributed by atoms with Crippen LogP contribution in [0.2, 0.25) is 0 Å². The summed E-state index contributed by atoms with van der Waals surface area (Å²) in [6.07, 6.45) is -1.93. The molecule has 0 fully saturated rings. The monoisotopic (exact) mass is 323 g/mol. The summed E-state index contributed by atoms with van der Waals surface area (Å²) in [5.41, 5.74) is 3.97. The summed E-state index contributed by atoms with van der Waals surface area (Å²) in [5, 5.41) is 0. The summed E-state index contributed by atoms with van der Waals surface area (Å²) >= 11 is 0. The molecular formula is C15H12F3N3O2. The van der Waals surface area contributed by atoms with Gasteiger partial charge in [0.15, 0.2) is 0 Å². The fraction of sp³-hybridized carbons (Fsp3) is 0.133. The Morgan fingerprint density at radius 3 is 2.39 bits per heavy atom. The molecule has 1 aromatic heterocycles. The second kappa shape index (κ2) is 6.91. The number of halogens is 3. The fourth-order valence-electron chi connectivity index (χ4n) is 1.79. The normalized spacial score (nSPS) is 10.9. The number of hydrogen-bond donors (Lipinski definition) is 2. The maximum atomic E-state index is 12.6. The quantitative estimate of drug-likeness (QED) is 0.850. The molecule has 2 N–H and O–H groups in total. The Morgan fingerprint density at radius 1 is 1.04 bits per heavy atom. The Bertz CT molecular complexity index is 703. The molecular weight excluding hydrogens is 311 g/mol. The predicted octanol–water partition coefficient (Wildman–Crippen LogP) is 2.10. The van der Waals surface area contributed by atoms with Gasteiger partial charge in [-0.25, -0.2) is 0 Å². The van der Waals surface area contributed by atoms with Crippen molar-refractivity contribution in [1.82, 2.24) is 15.8 Å². The van der Waals surface area contributed by atoms with Crippen LogP contribution in [0.1, 0.15) is 21.5 Å². The molecule has 0 aliphatic rings. The number of carbonyl (C=O) groups is 2. The van der Waals surface area contributed by atoms with Crippen molar-refractivity contribution in [2.75, 3.05) is 0 Å². The Labute approximate surface area is 129 Å². The van der Waals surface area contributed by atoms with Crippen LogP contribution in [0.4, 0.5) is 13.2 Å². The van der Waals surface area contributed by atoms with E-state index in [1.807, 2.05) is 0 Å². The van der Waals surface area contributed by atoms with Crippen LogP contribution in [0.5, 0.6) is 0 Å². The highest BCUT2D eigenvalue weighted by Gasteiger charge is 2.30. The molecule has 5 nitrogen and oxygen atoms in total. The van der Waals surface area contributed by atoms with Gasteiger partial charge >= 0.3 is 6.18 Å². The number of carbonyl (C=O) groups excluding carboxylic acids is 2. The largest absolute Gasteiger partial charge is 0.416 e. The number of hydrazine groups is 1. The number of hydrogen-bond acceptors (Lipinski definition) is 3. The van der Waals surface area contributed by atoms with Crippen molar-refractivity contribution >= 4 is 11.8 Å². The van der Waals surface area contributed by atoms with E-state index >= 15 is 0 Å². The number of benzene rings is 1. The van der Waals surface area contributed by atoms with Crippen LogP contribution >= 0.6 is 0 Å². The van der Waals surface area contributed by atoms with Gasteiger partial charge in [-0.3, -0.25) is 25.4 Å². The number of aromatic nitrogens is 1. The van der Waals surface area contributed by atoms with E-state index in [0.717, 1.165) is 12.1 Å². The fourth-order valence-corrected chi connectivity index (χ4v) is 1.79. The zero-order valence-corrected chi connectivity index (χ0v) is 11.7. The molecule has 0 atom stereocenters. The third-order valence-corrected chi connectivity index (χ3v) is 2.88. The van der Waals surface area contributed by atoms with Crippen molar-refractivity contribution in [3.63, 3.8) is 0 Å². The third-order valence-electron chi connectivity index (χ3n) is 2.88. The lowest BCUT2D eigenvalue weighted by Crippen LogP contribution is -2.42. The maximum Gasteiger partial charge on any atom is 0.416 e. The maximum absolute atomic E-state index is 12.6. The second-order valence-corrected chi connectivity index (χ2v) is 4.61. The van der Waals surface area contributed by atoms with Gasteiger partial charge in [-0.1, -0.05) is 18.2 Å². The highest BCUT2D eigenvalue weighted by Crippen LogP contribution is 2.29. The second-order valence-electron chi connectivity index (χ2n) is 4.61. The van der Waals surface area contributed by atoms with Gasteiger partial charge in [-0.2, -0.15) is 13.2 Å². The average molecular weight is 323 g/mol. The van der Waals surface area contributed by atoms with Gasteiger partial charge in [0.1, 0.15) is 0 Å². The number of nitrogens with one attached hydrogen (secondary N) is 2. The van der Waals surface area contributed by atoms with Gasteiger partial charge in [-0.05, 0) is 23.8 Å². The summed E-state index contributed by atoms with van der Waals surface area (Å²) in [6, 6.07) is 7.35. The molecule has 0 bridgehead atoms. The molecule has 2 amide bonds. The zero-order chi connectivity index (χ0) is 16.9. The average Bonchev–Trinajstić information content (AvgIpc) is 2.53. The van der Waals surface area contributed by atoms with Gasteiger partial charge < -0.3 is 0 Å². The first-order valence-corrected chi connectivity index (χ1v) is 6.51. The molecule has 0 saturated heterocycles. The van der Waals surface area contributed by atoms with Crippen LogP contribution in [-0.4, -0.2) is 16.8 Å². The lowest BCUT2D eigenvalue weighted by Gasteiger charge is -2.10. The molecule has 0 aliphatic carbocycles. The number of rotatable bonds is 3. The lowest BCUT2D eigenvalue weighted by atomic mass is 10.1. The Hall–Kier alpha value is -2.90. The van der Waals surface area contributed by atoms with Gasteiger partial charge in [-0.15, -0.1) is 0 Å². The van der Waals surface area contributed by atoms with Crippen molar-refractivity contribution in [3.05, 3.63) is 65.5 Å². The van der Waals surface area contributed by atoms with E-state index in [4.69, 9.17) is 0 Å². The summed E-state index contributed by atoms with van der Waals surface area (Å²) in [7, 11) is 0. The summed E-state index contributed by atoms with van der Waals surface area (Å²) < 4.78 is 37.8. The van der Waals surface area contributed by atoms with E-state index in [1.165, 1.54) is 36.7 Å². The van der Waals surface area contributed by atoms with Crippen LogP contribution in [-0.2, 0) is 17.4 Å². The van der Waals surface area contributed by atoms with Gasteiger partial charge in [0.05, 0.1) is 12.0 Å². The predicted molar refractivity (Wildman–Crippen MR) is 75.0 cm³/mol. The lowest BCUT2D eigenvalue weighted by molar-refractivity contribution is -0.137. The van der Waals surface area contributed by atoms with E-state index in [0.29, 0.717) is 5.56 Å². The minimum absolute atomic E-state index is 0.190. The molecule has 0 saturated carbocycles. The molecule has 0 radical (unpaired) electrons. The van der Waals surface area contributed by atoms with Gasteiger partial charge in [0.25, 0.3) is 5.91 Å². The van der Waals surface area contributed by atoms with Crippen molar-refractivity contribution in [1.29, 1.82) is 0 Å². The standard InChI is InChI=1S/C15H12F3N3O2/c16-15(17,18)12-3-1-2-10(8-12)9-13(22)20-21-14(23)11-4-6-19-7-5-11/h1-8H,9H2,(H,20,22)(H,21,23). The molecule has 8 heteroatoms. The number of alkyl halides is 3. The van der Waals surface area contributed by atoms with Crippen LogP contribution in [0.15, 0.2) is 48.8 Å². The summed E-state index contributed by atoms with van der Waals surface area (Å²) in [4.78, 5) is 27.1. The van der Waals surface area contributed by atoms with Crippen molar-refractivity contribution in [2.24, 2.45) is 0 Å². The molecule has 1 heterocycles. The first-order valence-electron chi connectivity index (χ1n) is 6.51. The molecule has 0 spiro atoms. The highest BCUT2D eigenvalue weighted by atomic mass is 19.4. The van der Waals surface area contributed by atoms with E-state index < -0.39 is 23.6 Å². The van der Waals surface area contributed by atoms with E-state index in [9.17, 15) is 22.8 Å². The molecule has 120 valence electrons. The minimum atomic E-state index is -4.47. The van der Waals surface area contributed by atoms with Crippen LogP contribution in [0, 0.1) is 0 Å². The number of nitrogens with zero attached hydrogens (tertiary/aromatic N) is 1. The van der Waals surface area contributed by atoms with Crippen molar-refractivity contribution < 1.29 is 22.8 Å². The van der Waals surface area contributed by atoms with Gasteiger partial charge in [0, 0.05) is 18.0 Å². The molecule has 2 rings (SSSR count). The van der Waals surface area contributed by atoms with Crippen LogP contribution in [0.3, 0.4) is 0 Å². The van der Waals surface area contributed by atoms with Gasteiger partial charge in [0.2, 0.25) is 5.91 Å². The zero-order valence-electron chi connectivity index (χ0n) is 11.7. The van der Waals surface area contributed by atoms with E-state index in [2.05, 4.69) is 15.8 Å². The number of pyridine rings is 1. The topological polar surface area (TPSA) is 71.1 Å². The Morgan fingerprint density at radius 2 is 1.74 bits per heavy atom. The summed E-state index contributed by atoms with van der Waals surface area (Å²) in [5.74, 6) is -1.18. The Balaban J connectivity index is 1.92. The highest BCUT2D eigenvalue weighted by molar-refractivity contribution is 5.95. The number of amides is 2. The van der Waals surface area contributed by atoms with Crippen LogP contribution < -0.4 is 10.9 Å². The van der Waals surface area contributed by atoms with Crippen molar-refractivity contribution in [3.8, 4) is 0 Å². The van der Waals surface area contributed by atoms with E-state index in [1.54, 1.807) is 0 Å². The minimum Gasteiger partial charge on any atom is -0.273 e. The van der Waals surface area contributed by atoms with Crippen LogP contribution in [0.25, 0.3) is 0 Å². The van der Waals surface area contributed by atoms with Crippen molar-refractivity contribution in [2.45, 2.75) is 12.6 Å². The third kappa shape index (κ3) is 4.80. The molecule has 0 unspecified atom stereocenters. The molecule has 2 aromatic rings. The first kappa shape index (κ1) is 16.5. The summed E-state index contributed by atoms with van der Waals surface area (Å²) in [6.45, 7) is 0. The SMILES string of the molecule is O=C(Cc1cccc(C(F)(F)F)c1)NNC(=O)c1ccncc1. The molecule has 0 aliphatic heterocycles. The van der Waals surface area contributed by atoms with E-state index in [-0.39, 0.29) is 12.0 Å². The smallest absolute Gasteiger partial charge is 0.273 e. The Kier molecular flexibility index (Phi) is 4.95. The first-order chi connectivity index (χ1) is 10.9.